The predicted octanol–water partition coefficient (Wildman–Crippen LogP) is 1.12. The molecule has 3 N–H and O–H groups in total. The van der Waals surface area contributed by atoms with Crippen molar-refractivity contribution >= 4 is 23.2 Å². The smallest absolute Gasteiger partial charge is 0.253 e. The first-order valence-electron chi connectivity index (χ1n) is 8.34. The Morgan fingerprint density at radius 3 is 2.50 bits per heavy atom. The van der Waals surface area contributed by atoms with Crippen LogP contribution in [0.5, 0.6) is 0 Å². The number of anilines is 2. The van der Waals surface area contributed by atoms with Gasteiger partial charge in [-0.2, -0.15) is 0 Å². The van der Waals surface area contributed by atoms with Crippen LogP contribution in [0, 0.1) is 0 Å². The first-order valence-corrected chi connectivity index (χ1v) is 8.34. The summed E-state index contributed by atoms with van der Waals surface area (Å²) in [5.74, 6) is -0.179. The van der Waals surface area contributed by atoms with Crippen molar-refractivity contribution in [2.75, 3.05) is 37.0 Å². The molecule has 130 valence electrons. The highest BCUT2D eigenvalue weighted by Crippen LogP contribution is 2.17. The van der Waals surface area contributed by atoms with Crippen LogP contribution in [-0.4, -0.2) is 50.3 Å². The zero-order chi connectivity index (χ0) is 16.8. The van der Waals surface area contributed by atoms with Gasteiger partial charge in [0.15, 0.2) is 0 Å². The third kappa shape index (κ3) is 4.77. The highest BCUT2D eigenvalue weighted by molar-refractivity contribution is 5.95. The maximum Gasteiger partial charge on any atom is 0.253 e. The molecule has 24 heavy (non-hydrogen) atoms. The summed E-state index contributed by atoms with van der Waals surface area (Å²) in [6, 6.07) is 7.14. The number of nitrogens with one attached hydrogen (secondary N) is 3. The molecule has 2 aliphatic heterocycles. The molecule has 0 bridgehead atoms. The minimum absolute atomic E-state index is 0.0590. The average Bonchev–Trinajstić information content (AvgIpc) is 3.12. The minimum Gasteiger partial charge on any atom is -0.378 e. The van der Waals surface area contributed by atoms with Crippen LogP contribution in [0.15, 0.2) is 24.3 Å². The van der Waals surface area contributed by atoms with Crippen molar-refractivity contribution < 1.29 is 19.1 Å². The van der Waals surface area contributed by atoms with Gasteiger partial charge in [-0.25, -0.2) is 0 Å². The maximum absolute atomic E-state index is 12.0. The first-order chi connectivity index (χ1) is 11.7. The van der Waals surface area contributed by atoms with E-state index < -0.39 is 0 Å². The summed E-state index contributed by atoms with van der Waals surface area (Å²) in [5, 5.41) is 8.93. The molecule has 2 fully saturated rings. The molecule has 0 radical (unpaired) electrons. The zero-order valence-electron chi connectivity index (χ0n) is 13.5. The summed E-state index contributed by atoms with van der Waals surface area (Å²) < 4.78 is 10.7. The van der Waals surface area contributed by atoms with Crippen molar-refractivity contribution in [1.29, 1.82) is 0 Å². The number of hydrogen-bond donors (Lipinski definition) is 3. The first kappa shape index (κ1) is 16.9. The molecule has 2 amide bonds. The van der Waals surface area contributed by atoms with E-state index in [9.17, 15) is 9.59 Å². The molecule has 2 aliphatic rings. The Morgan fingerprint density at radius 1 is 1.12 bits per heavy atom. The van der Waals surface area contributed by atoms with Crippen molar-refractivity contribution in [3.63, 3.8) is 0 Å². The molecule has 0 aromatic heterocycles. The van der Waals surface area contributed by atoms with Crippen LogP contribution in [0.25, 0.3) is 0 Å². The molecule has 0 aliphatic carbocycles. The summed E-state index contributed by atoms with van der Waals surface area (Å²) in [6.07, 6.45) is 1.70. The topological polar surface area (TPSA) is 88.7 Å². The quantitative estimate of drug-likeness (QED) is 0.751. The average molecular weight is 333 g/mol. The second-order valence-electron chi connectivity index (χ2n) is 6.05. The van der Waals surface area contributed by atoms with E-state index in [1.807, 2.05) is 0 Å². The van der Waals surface area contributed by atoms with Crippen LogP contribution in [0.4, 0.5) is 11.4 Å². The molecule has 2 heterocycles. The molecular formula is C17H23N3O4. The van der Waals surface area contributed by atoms with Crippen LogP contribution >= 0.6 is 0 Å². The van der Waals surface area contributed by atoms with Crippen molar-refractivity contribution in [3.05, 3.63) is 24.3 Å². The Balaban J connectivity index is 1.46. The summed E-state index contributed by atoms with van der Waals surface area (Å²) in [6.45, 7) is 2.67. The van der Waals surface area contributed by atoms with Gasteiger partial charge in [0.2, 0.25) is 5.91 Å². The highest BCUT2D eigenvalue weighted by Gasteiger charge is 2.23. The summed E-state index contributed by atoms with van der Waals surface area (Å²) in [7, 11) is 0. The summed E-state index contributed by atoms with van der Waals surface area (Å²) >= 11 is 0. The molecule has 0 saturated carbocycles. The van der Waals surface area contributed by atoms with E-state index in [1.165, 1.54) is 0 Å². The summed E-state index contributed by atoms with van der Waals surface area (Å²) in [5.41, 5.74) is 1.39. The molecule has 2 saturated heterocycles. The fourth-order valence-corrected chi connectivity index (χ4v) is 2.83. The van der Waals surface area contributed by atoms with E-state index in [1.54, 1.807) is 24.3 Å². The second-order valence-corrected chi connectivity index (χ2v) is 6.05. The Labute approximate surface area is 141 Å². The Hall–Kier alpha value is -1.96. The minimum atomic E-state index is -0.352. The van der Waals surface area contributed by atoms with Crippen molar-refractivity contribution in [1.82, 2.24) is 5.32 Å². The van der Waals surface area contributed by atoms with E-state index in [2.05, 4.69) is 16.0 Å². The molecule has 0 spiro atoms. The van der Waals surface area contributed by atoms with Crippen LogP contribution in [0.2, 0.25) is 0 Å². The predicted molar refractivity (Wildman–Crippen MR) is 89.9 cm³/mol. The van der Waals surface area contributed by atoms with Crippen LogP contribution in [0.3, 0.4) is 0 Å². The number of carbonyl (C=O) groups excluding carboxylic acids is 2. The molecular weight excluding hydrogens is 310 g/mol. The lowest BCUT2D eigenvalue weighted by Gasteiger charge is -2.23. The number of rotatable bonds is 5. The fourth-order valence-electron chi connectivity index (χ4n) is 2.83. The number of amides is 2. The van der Waals surface area contributed by atoms with Crippen molar-refractivity contribution in [3.8, 4) is 0 Å². The van der Waals surface area contributed by atoms with Gasteiger partial charge < -0.3 is 25.4 Å². The zero-order valence-corrected chi connectivity index (χ0v) is 13.5. The number of carbonyl (C=O) groups is 2. The molecule has 3 rings (SSSR count). The third-order valence-corrected chi connectivity index (χ3v) is 4.09. The monoisotopic (exact) mass is 333 g/mol. The maximum atomic E-state index is 12.0. The molecule has 2 unspecified atom stereocenters. The normalized spacial score (nSPS) is 23.7. The van der Waals surface area contributed by atoms with Crippen LogP contribution in [-0.2, 0) is 19.1 Å². The van der Waals surface area contributed by atoms with Gasteiger partial charge in [-0.3, -0.25) is 9.59 Å². The number of ether oxygens (including phenoxy) is 2. The van der Waals surface area contributed by atoms with Gasteiger partial charge in [-0.05, 0) is 37.1 Å². The van der Waals surface area contributed by atoms with Gasteiger partial charge in [0, 0.05) is 37.0 Å². The largest absolute Gasteiger partial charge is 0.378 e. The molecule has 7 heteroatoms. The molecule has 7 nitrogen and oxygen atoms in total. The molecule has 2 atom stereocenters. The number of benzene rings is 1. The van der Waals surface area contributed by atoms with Gasteiger partial charge in [0.05, 0.1) is 13.2 Å². The van der Waals surface area contributed by atoms with Gasteiger partial charge in [-0.1, -0.05) is 0 Å². The van der Waals surface area contributed by atoms with Crippen LogP contribution in [0.1, 0.15) is 19.3 Å². The third-order valence-electron chi connectivity index (χ3n) is 4.09. The van der Waals surface area contributed by atoms with Crippen molar-refractivity contribution in [2.45, 2.75) is 31.4 Å². The van der Waals surface area contributed by atoms with Gasteiger partial charge in [0.25, 0.3) is 5.91 Å². The van der Waals surface area contributed by atoms with Gasteiger partial charge >= 0.3 is 0 Å². The van der Waals surface area contributed by atoms with Crippen LogP contribution < -0.4 is 16.0 Å². The Morgan fingerprint density at radius 2 is 1.88 bits per heavy atom. The summed E-state index contributed by atoms with van der Waals surface area (Å²) in [4.78, 5) is 24.0. The number of hydrogen-bond acceptors (Lipinski definition) is 5. The van der Waals surface area contributed by atoms with E-state index in [0.29, 0.717) is 37.6 Å². The Bertz CT molecular complexity index is 564. The van der Waals surface area contributed by atoms with Crippen molar-refractivity contribution in [2.24, 2.45) is 0 Å². The van der Waals surface area contributed by atoms with E-state index in [4.69, 9.17) is 9.47 Å². The van der Waals surface area contributed by atoms with E-state index in [0.717, 1.165) is 19.4 Å². The lowest BCUT2D eigenvalue weighted by atomic mass is 10.2. The van der Waals surface area contributed by atoms with Gasteiger partial charge in [-0.15, -0.1) is 0 Å². The lowest BCUT2D eigenvalue weighted by Crippen LogP contribution is -2.43. The molecule has 1 aromatic carbocycles. The number of morpholine rings is 1. The van der Waals surface area contributed by atoms with E-state index >= 15 is 0 Å². The standard InChI is InChI=1S/C17H23N3O4/c21-16(10-14-11-23-9-7-18-14)19-12-3-5-13(6-4-12)20-17(22)15-2-1-8-24-15/h3-6,14-15,18H,1-2,7-11H2,(H,19,21)(H,20,22). The fraction of sp³-hybridized carbons (Fsp3) is 0.529. The second kappa shape index (κ2) is 8.23. The van der Waals surface area contributed by atoms with Gasteiger partial charge in [0.1, 0.15) is 6.10 Å². The SMILES string of the molecule is O=C(CC1COCCN1)Nc1ccc(NC(=O)C2CCCO2)cc1. The van der Waals surface area contributed by atoms with E-state index in [-0.39, 0.29) is 24.0 Å². The molecule has 1 aromatic rings. The lowest BCUT2D eigenvalue weighted by molar-refractivity contribution is -0.124. The highest BCUT2D eigenvalue weighted by atomic mass is 16.5. The Kier molecular flexibility index (Phi) is 5.79.